The molecular weight excluding hydrogens is 395 g/mol. The maximum atomic E-state index is 13.0. The third-order valence-corrected chi connectivity index (χ3v) is 4.88. The minimum atomic E-state index is -0.541. The quantitative estimate of drug-likeness (QED) is 0.506. The first-order valence-corrected chi connectivity index (χ1v) is 9.96. The number of hydrogen-bond acceptors (Lipinski definition) is 4. The summed E-state index contributed by atoms with van der Waals surface area (Å²) in [5.74, 6) is -0.517. The van der Waals surface area contributed by atoms with E-state index in [1.807, 2.05) is 19.9 Å². The number of hydrogen-bond donors (Lipinski definition) is 0. The summed E-state index contributed by atoms with van der Waals surface area (Å²) in [6.45, 7) is 5.99. The highest BCUT2D eigenvalue weighted by Gasteiger charge is 2.35. The van der Waals surface area contributed by atoms with E-state index in [0.29, 0.717) is 23.5 Å². The van der Waals surface area contributed by atoms with E-state index in [1.54, 1.807) is 49.4 Å². The number of benzene rings is 2. The van der Waals surface area contributed by atoms with Crippen LogP contribution in [-0.2, 0) is 16.2 Å². The Morgan fingerprint density at radius 1 is 1.06 bits per heavy atom. The first-order valence-electron chi connectivity index (χ1n) is 9.96. The predicted octanol–water partition coefficient (Wildman–Crippen LogP) is 4.65. The van der Waals surface area contributed by atoms with Gasteiger partial charge in [0, 0.05) is 12.1 Å². The van der Waals surface area contributed by atoms with E-state index in [1.165, 1.54) is 12.1 Å². The van der Waals surface area contributed by atoms with Crippen LogP contribution in [0.15, 0.2) is 65.3 Å². The summed E-state index contributed by atoms with van der Waals surface area (Å²) in [5, 5.41) is 9.43. The molecule has 0 bridgehead atoms. The van der Waals surface area contributed by atoms with Crippen LogP contribution >= 0.6 is 0 Å². The molecule has 2 amide bonds. The van der Waals surface area contributed by atoms with Gasteiger partial charge in [-0.15, -0.1) is 0 Å². The van der Waals surface area contributed by atoms with Crippen LogP contribution in [0.5, 0.6) is 5.75 Å². The van der Waals surface area contributed by atoms with Crippen molar-refractivity contribution in [3.05, 3.63) is 82.2 Å². The van der Waals surface area contributed by atoms with E-state index in [0.717, 1.165) is 16.0 Å². The van der Waals surface area contributed by atoms with E-state index < -0.39 is 11.8 Å². The van der Waals surface area contributed by atoms with Crippen molar-refractivity contribution in [2.45, 2.75) is 27.4 Å². The Morgan fingerprint density at radius 2 is 1.71 bits per heavy atom. The average molecular weight is 418 g/mol. The summed E-state index contributed by atoms with van der Waals surface area (Å²) in [6, 6.07) is 15.2. The van der Waals surface area contributed by atoms with Crippen LogP contribution in [0.2, 0.25) is 0 Å². The van der Waals surface area contributed by atoms with Crippen LogP contribution < -0.4 is 4.74 Å². The fourth-order valence-corrected chi connectivity index (χ4v) is 3.23. The predicted molar refractivity (Wildman–Crippen MR) is 115 cm³/mol. The first kappa shape index (κ1) is 22.0. The summed E-state index contributed by atoms with van der Waals surface area (Å²) in [6.07, 6.45) is 1.68. The average Bonchev–Trinajstić information content (AvgIpc) is 2.75. The van der Waals surface area contributed by atoms with Crippen molar-refractivity contribution >= 4 is 17.9 Å². The van der Waals surface area contributed by atoms with Gasteiger partial charge in [0.1, 0.15) is 29.8 Å². The standard InChI is InChI=1S/C25H23FN2O3/c1-16(2)14-28-24(29)22(17(3)23(13-27)25(28)30)12-18-6-10-21(11-7-18)31-15-19-4-8-20(26)9-5-19/h4-12,16H,14-15H2,1-3H3/b22-12+. The van der Waals surface area contributed by atoms with Gasteiger partial charge in [-0.3, -0.25) is 14.5 Å². The third-order valence-electron chi connectivity index (χ3n) is 4.88. The molecule has 3 rings (SSSR count). The van der Waals surface area contributed by atoms with E-state index in [9.17, 15) is 19.2 Å². The Morgan fingerprint density at radius 3 is 2.29 bits per heavy atom. The molecule has 0 aromatic heterocycles. The number of imide groups is 1. The van der Waals surface area contributed by atoms with Crippen molar-refractivity contribution < 1.29 is 18.7 Å². The molecule has 1 aliphatic heterocycles. The number of carbonyl (C=O) groups is 2. The van der Waals surface area contributed by atoms with Crippen molar-refractivity contribution in [3.8, 4) is 11.8 Å². The number of ether oxygens (including phenoxy) is 1. The number of carbonyl (C=O) groups excluding carboxylic acids is 2. The zero-order valence-corrected chi connectivity index (χ0v) is 17.7. The smallest absolute Gasteiger partial charge is 0.271 e. The first-order chi connectivity index (χ1) is 14.8. The van der Waals surface area contributed by atoms with Crippen LogP contribution in [0, 0.1) is 23.1 Å². The summed E-state index contributed by atoms with van der Waals surface area (Å²) < 4.78 is 18.7. The second-order valence-corrected chi connectivity index (χ2v) is 7.77. The molecule has 0 aliphatic carbocycles. The second-order valence-electron chi connectivity index (χ2n) is 7.77. The Kier molecular flexibility index (Phi) is 6.66. The number of nitrogens with zero attached hydrogens (tertiary/aromatic N) is 2. The van der Waals surface area contributed by atoms with Gasteiger partial charge < -0.3 is 4.74 Å². The Hall–Kier alpha value is -3.72. The van der Waals surface area contributed by atoms with E-state index >= 15 is 0 Å². The lowest BCUT2D eigenvalue weighted by Crippen LogP contribution is -2.44. The van der Waals surface area contributed by atoms with E-state index in [-0.39, 0.29) is 23.9 Å². The molecule has 6 heteroatoms. The summed E-state index contributed by atoms with van der Waals surface area (Å²) in [4.78, 5) is 26.6. The van der Waals surface area contributed by atoms with Gasteiger partial charge in [-0.25, -0.2) is 4.39 Å². The molecule has 0 unspecified atom stereocenters. The van der Waals surface area contributed by atoms with Crippen LogP contribution in [0.1, 0.15) is 31.9 Å². The molecule has 0 N–H and O–H groups in total. The Labute approximate surface area is 181 Å². The molecular formula is C25H23FN2O3. The monoisotopic (exact) mass is 418 g/mol. The number of amides is 2. The molecule has 0 spiro atoms. The van der Waals surface area contributed by atoms with E-state index in [4.69, 9.17) is 4.74 Å². The van der Waals surface area contributed by atoms with Gasteiger partial charge in [0.15, 0.2) is 0 Å². The van der Waals surface area contributed by atoms with Gasteiger partial charge in [0.2, 0.25) is 0 Å². The molecule has 2 aromatic carbocycles. The molecule has 0 saturated heterocycles. The highest BCUT2D eigenvalue weighted by atomic mass is 19.1. The van der Waals surface area contributed by atoms with Gasteiger partial charge in [-0.1, -0.05) is 38.1 Å². The number of rotatable bonds is 6. The lowest BCUT2D eigenvalue weighted by Gasteiger charge is -2.28. The zero-order valence-electron chi connectivity index (χ0n) is 17.7. The SMILES string of the molecule is CC1=C(C#N)C(=O)N(CC(C)C)C(=O)/C1=C/c1ccc(OCc2ccc(F)cc2)cc1. The van der Waals surface area contributed by atoms with Crippen molar-refractivity contribution in [1.29, 1.82) is 5.26 Å². The summed E-state index contributed by atoms with van der Waals surface area (Å²) in [7, 11) is 0. The summed E-state index contributed by atoms with van der Waals surface area (Å²) in [5.41, 5.74) is 2.30. The van der Waals surface area contributed by atoms with Gasteiger partial charge in [-0.05, 0) is 59.9 Å². The molecule has 0 atom stereocenters. The highest BCUT2D eigenvalue weighted by Crippen LogP contribution is 2.28. The van der Waals surface area contributed by atoms with Crippen molar-refractivity contribution in [2.24, 2.45) is 5.92 Å². The molecule has 0 fully saturated rings. The second kappa shape index (κ2) is 9.40. The number of halogens is 1. The lowest BCUT2D eigenvalue weighted by molar-refractivity contribution is -0.141. The van der Waals surface area contributed by atoms with Crippen LogP contribution in [0.4, 0.5) is 4.39 Å². The maximum Gasteiger partial charge on any atom is 0.271 e. The molecule has 1 aliphatic rings. The molecule has 158 valence electrons. The van der Waals surface area contributed by atoms with Gasteiger partial charge in [0.25, 0.3) is 11.8 Å². The fourth-order valence-electron chi connectivity index (χ4n) is 3.23. The normalized spacial score (nSPS) is 15.6. The topological polar surface area (TPSA) is 70.4 Å². The molecule has 1 heterocycles. The van der Waals surface area contributed by atoms with Crippen molar-refractivity contribution in [1.82, 2.24) is 4.90 Å². The van der Waals surface area contributed by atoms with Crippen LogP contribution in [0.3, 0.4) is 0 Å². The van der Waals surface area contributed by atoms with Crippen LogP contribution in [-0.4, -0.2) is 23.3 Å². The lowest BCUT2D eigenvalue weighted by atomic mass is 9.93. The Balaban J connectivity index is 1.81. The van der Waals surface area contributed by atoms with E-state index in [2.05, 4.69) is 0 Å². The van der Waals surface area contributed by atoms with Crippen molar-refractivity contribution in [3.63, 3.8) is 0 Å². The molecule has 5 nitrogen and oxygen atoms in total. The molecule has 2 aromatic rings. The zero-order chi connectivity index (χ0) is 22.5. The molecule has 0 radical (unpaired) electrons. The minimum absolute atomic E-state index is 0.00856. The van der Waals surface area contributed by atoms with Gasteiger partial charge in [-0.2, -0.15) is 5.26 Å². The van der Waals surface area contributed by atoms with Gasteiger partial charge in [0.05, 0.1) is 0 Å². The number of nitriles is 1. The summed E-state index contributed by atoms with van der Waals surface area (Å²) >= 11 is 0. The van der Waals surface area contributed by atoms with Crippen molar-refractivity contribution in [2.75, 3.05) is 6.54 Å². The fraction of sp³-hybridized carbons (Fsp3) is 0.240. The largest absolute Gasteiger partial charge is 0.489 e. The minimum Gasteiger partial charge on any atom is -0.489 e. The third kappa shape index (κ3) is 5.07. The maximum absolute atomic E-state index is 13.0. The molecule has 0 saturated carbocycles. The van der Waals surface area contributed by atoms with Crippen LogP contribution in [0.25, 0.3) is 6.08 Å². The molecule has 31 heavy (non-hydrogen) atoms. The van der Waals surface area contributed by atoms with Gasteiger partial charge >= 0.3 is 0 Å². The Bertz CT molecular complexity index is 1090. The highest BCUT2D eigenvalue weighted by molar-refractivity contribution is 6.19.